The lowest BCUT2D eigenvalue weighted by Crippen LogP contribution is -2.27. The summed E-state index contributed by atoms with van der Waals surface area (Å²) in [7, 11) is 0. The molecule has 2 aromatic heterocycles. The SMILES string of the molecule is O=C(NCc1cccc(NC(=O)[C@@H]2CCCO2)c1)c1cn2ccccc2n1. The second-order valence-electron chi connectivity index (χ2n) is 6.47. The Morgan fingerprint density at radius 3 is 2.96 bits per heavy atom. The number of hydrogen-bond acceptors (Lipinski definition) is 4. The summed E-state index contributed by atoms with van der Waals surface area (Å²) in [6, 6.07) is 13.0. The highest BCUT2D eigenvalue weighted by Gasteiger charge is 2.23. The van der Waals surface area contributed by atoms with E-state index >= 15 is 0 Å². The third-order valence-electron chi connectivity index (χ3n) is 4.47. The van der Waals surface area contributed by atoms with Gasteiger partial charge in [0.25, 0.3) is 11.8 Å². The topological polar surface area (TPSA) is 84.7 Å². The van der Waals surface area contributed by atoms with Crippen molar-refractivity contribution in [2.24, 2.45) is 0 Å². The zero-order valence-corrected chi connectivity index (χ0v) is 14.7. The molecule has 7 nitrogen and oxygen atoms in total. The standard InChI is InChI=1S/C20H20N4O3/c25-19(16-13-24-9-2-1-8-18(24)23-16)21-12-14-5-3-6-15(11-14)22-20(26)17-7-4-10-27-17/h1-3,5-6,8-9,11,13,17H,4,7,10,12H2,(H,21,25)(H,22,26)/t17-/m0/s1. The lowest BCUT2D eigenvalue weighted by atomic mass is 10.2. The van der Waals surface area contributed by atoms with Crippen LogP contribution in [0.15, 0.2) is 54.9 Å². The van der Waals surface area contributed by atoms with Gasteiger partial charge in [-0.25, -0.2) is 4.98 Å². The molecule has 3 aromatic rings. The maximum atomic E-state index is 12.4. The van der Waals surface area contributed by atoms with E-state index in [-0.39, 0.29) is 17.9 Å². The van der Waals surface area contributed by atoms with Crippen LogP contribution in [0.4, 0.5) is 5.69 Å². The molecular weight excluding hydrogens is 344 g/mol. The quantitative estimate of drug-likeness (QED) is 0.728. The number of imidazole rings is 1. The monoisotopic (exact) mass is 364 g/mol. The second kappa shape index (κ2) is 7.59. The minimum absolute atomic E-state index is 0.126. The van der Waals surface area contributed by atoms with Crippen LogP contribution >= 0.6 is 0 Å². The number of carbonyl (C=O) groups is 2. The lowest BCUT2D eigenvalue weighted by Gasteiger charge is -2.11. The molecule has 0 unspecified atom stereocenters. The van der Waals surface area contributed by atoms with Crippen molar-refractivity contribution in [3.05, 3.63) is 66.1 Å². The zero-order valence-electron chi connectivity index (χ0n) is 14.7. The van der Waals surface area contributed by atoms with Crippen LogP contribution < -0.4 is 10.6 Å². The summed E-state index contributed by atoms with van der Waals surface area (Å²) < 4.78 is 7.19. The molecule has 1 fully saturated rings. The lowest BCUT2D eigenvalue weighted by molar-refractivity contribution is -0.124. The van der Waals surface area contributed by atoms with Crippen LogP contribution in [0, 0.1) is 0 Å². The first-order chi connectivity index (χ1) is 13.2. The Hall–Kier alpha value is -3.19. The summed E-state index contributed by atoms with van der Waals surface area (Å²) >= 11 is 0. The Morgan fingerprint density at radius 1 is 1.22 bits per heavy atom. The molecule has 1 saturated heterocycles. The average Bonchev–Trinajstić information content (AvgIpc) is 3.36. The van der Waals surface area contributed by atoms with Crippen LogP contribution in [-0.4, -0.2) is 33.9 Å². The molecule has 0 radical (unpaired) electrons. The largest absolute Gasteiger partial charge is 0.368 e. The number of amides is 2. The summed E-state index contributed by atoms with van der Waals surface area (Å²) in [5.74, 6) is -0.370. The van der Waals surface area contributed by atoms with Gasteiger partial charge in [-0.2, -0.15) is 0 Å². The van der Waals surface area contributed by atoms with Crippen molar-refractivity contribution >= 4 is 23.1 Å². The summed E-state index contributed by atoms with van der Waals surface area (Å²) in [5.41, 5.74) is 2.66. The predicted molar refractivity (Wildman–Crippen MR) is 100 cm³/mol. The number of benzene rings is 1. The van der Waals surface area contributed by atoms with Gasteiger partial charge in [0.15, 0.2) is 0 Å². The highest BCUT2D eigenvalue weighted by molar-refractivity contribution is 5.94. The van der Waals surface area contributed by atoms with Crippen LogP contribution in [-0.2, 0) is 16.1 Å². The van der Waals surface area contributed by atoms with Crippen molar-refractivity contribution in [2.75, 3.05) is 11.9 Å². The van der Waals surface area contributed by atoms with Gasteiger partial charge in [-0.15, -0.1) is 0 Å². The number of carbonyl (C=O) groups excluding carboxylic acids is 2. The minimum atomic E-state index is -0.372. The molecule has 7 heteroatoms. The first-order valence-electron chi connectivity index (χ1n) is 8.92. The predicted octanol–water partition coefficient (Wildman–Crippen LogP) is 2.38. The molecule has 1 atom stereocenters. The summed E-state index contributed by atoms with van der Waals surface area (Å²) in [6.45, 7) is 0.976. The molecule has 4 rings (SSSR count). The molecule has 27 heavy (non-hydrogen) atoms. The Morgan fingerprint density at radius 2 is 2.15 bits per heavy atom. The average molecular weight is 364 g/mol. The number of nitrogens with zero attached hydrogens (tertiary/aromatic N) is 2. The van der Waals surface area contributed by atoms with E-state index in [0.29, 0.717) is 24.5 Å². The molecule has 3 heterocycles. The highest BCUT2D eigenvalue weighted by atomic mass is 16.5. The van der Waals surface area contributed by atoms with Crippen LogP contribution in [0.1, 0.15) is 28.9 Å². The molecule has 0 spiro atoms. The number of fused-ring (bicyclic) bond motifs is 1. The molecule has 1 aliphatic rings. The Bertz CT molecular complexity index is 943. The van der Waals surface area contributed by atoms with Gasteiger partial charge >= 0.3 is 0 Å². The fraction of sp³-hybridized carbons (Fsp3) is 0.250. The highest BCUT2D eigenvalue weighted by Crippen LogP contribution is 2.16. The maximum absolute atomic E-state index is 12.4. The van der Waals surface area contributed by atoms with Crippen LogP contribution in [0.25, 0.3) is 5.65 Å². The van der Waals surface area contributed by atoms with E-state index < -0.39 is 0 Å². The number of aromatic nitrogens is 2. The van der Waals surface area contributed by atoms with Gasteiger partial charge < -0.3 is 19.8 Å². The molecule has 2 amide bonds. The molecule has 0 saturated carbocycles. The van der Waals surface area contributed by atoms with Crippen LogP contribution in [0.3, 0.4) is 0 Å². The van der Waals surface area contributed by atoms with Crippen molar-refractivity contribution < 1.29 is 14.3 Å². The molecular formula is C20H20N4O3. The maximum Gasteiger partial charge on any atom is 0.271 e. The number of anilines is 1. The molecule has 0 bridgehead atoms. The Balaban J connectivity index is 1.37. The first-order valence-corrected chi connectivity index (χ1v) is 8.92. The van der Waals surface area contributed by atoms with Gasteiger partial charge in [-0.05, 0) is 42.7 Å². The zero-order chi connectivity index (χ0) is 18.6. The normalized spacial score (nSPS) is 16.4. The van der Waals surface area contributed by atoms with Gasteiger partial charge in [-0.1, -0.05) is 18.2 Å². The number of hydrogen-bond donors (Lipinski definition) is 2. The Kier molecular flexibility index (Phi) is 4.84. The number of rotatable bonds is 5. The van der Waals surface area contributed by atoms with Gasteiger partial charge in [0.1, 0.15) is 17.4 Å². The minimum Gasteiger partial charge on any atom is -0.368 e. The van der Waals surface area contributed by atoms with E-state index in [4.69, 9.17) is 4.74 Å². The molecule has 1 aliphatic heterocycles. The third-order valence-corrected chi connectivity index (χ3v) is 4.47. The van der Waals surface area contributed by atoms with Crippen molar-refractivity contribution in [2.45, 2.75) is 25.5 Å². The number of nitrogens with one attached hydrogen (secondary N) is 2. The molecule has 138 valence electrons. The summed E-state index contributed by atoms with van der Waals surface area (Å²) in [6.07, 6.45) is 4.83. The Labute approximate surface area is 156 Å². The van der Waals surface area contributed by atoms with E-state index in [1.165, 1.54) is 0 Å². The molecule has 1 aromatic carbocycles. The van der Waals surface area contributed by atoms with Crippen molar-refractivity contribution in [1.29, 1.82) is 0 Å². The van der Waals surface area contributed by atoms with Crippen LogP contribution in [0.2, 0.25) is 0 Å². The van der Waals surface area contributed by atoms with Crippen molar-refractivity contribution in [3.63, 3.8) is 0 Å². The summed E-state index contributed by atoms with van der Waals surface area (Å²) in [5, 5.41) is 5.73. The van der Waals surface area contributed by atoms with E-state index in [2.05, 4.69) is 15.6 Å². The second-order valence-corrected chi connectivity index (χ2v) is 6.47. The number of pyridine rings is 1. The van der Waals surface area contributed by atoms with Gasteiger partial charge in [0.05, 0.1) is 0 Å². The van der Waals surface area contributed by atoms with E-state index in [1.54, 1.807) is 10.6 Å². The third kappa shape index (κ3) is 3.98. The van der Waals surface area contributed by atoms with E-state index in [9.17, 15) is 9.59 Å². The van der Waals surface area contributed by atoms with Crippen molar-refractivity contribution in [1.82, 2.24) is 14.7 Å². The van der Waals surface area contributed by atoms with Gasteiger partial charge in [0.2, 0.25) is 0 Å². The smallest absolute Gasteiger partial charge is 0.271 e. The fourth-order valence-electron chi connectivity index (χ4n) is 3.08. The first kappa shape index (κ1) is 17.2. The van der Waals surface area contributed by atoms with E-state index in [0.717, 1.165) is 24.1 Å². The van der Waals surface area contributed by atoms with Crippen LogP contribution in [0.5, 0.6) is 0 Å². The summed E-state index contributed by atoms with van der Waals surface area (Å²) in [4.78, 5) is 28.8. The molecule has 0 aliphatic carbocycles. The molecule has 2 N–H and O–H groups in total. The fourth-order valence-corrected chi connectivity index (χ4v) is 3.08. The van der Waals surface area contributed by atoms with Crippen molar-refractivity contribution in [3.8, 4) is 0 Å². The van der Waals surface area contributed by atoms with E-state index in [1.807, 2.05) is 48.7 Å². The number of ether oxygens (including phenoxy) is 1. The van der Waals surface area contributed by atoms with Gasteiger partial charge in [0, 0.05) is 31.2 Å². The van der Waals surface area contributed by atoms with Gasteiger partial charge in [-0.3, -0.25) is 9.59 Å².